The van der Waals surface area contributed by atoms with Gasteiger partial charge in [0.2, 0.25) is 11.8 Å². The van der Waals surface area contributed by atoms with Crippen molar-refractivity contribution in [1.82, 2.24) is 0 Å². The molecule has 2 aromatic carbocycles. The van der Waals surface area contributed by atoms with Crippen LogP contribution < -0.4 is 15.4 Å². The molecule has 10 heteroatoms. The first-order chi connectivity index (χ1) is 13.6. The number of esters is 1. The van der Waals surface area contributed by atoms with E-state index in [0.717, 1.165) is 23.9 Å². The summed E-state index contributed by atoms with van der Waals surface area (Å²) >= 11 is 1.03. The van der Waals surface area contributed by atoms with Gasteiger partial charge in [-0.05, 0) is 42.5 Å². The Morgan fingerprint density at radius 2 is 1.86 bits per heavy atom. The fourth-order valence-electron chi connectivity index (χ4n) is 2.61. The van der Waals surface area contributed by atoms with Crippen LogP contribution in [0.5, 0.6) is 5.75 Å². The van der Waals surface area contributed by atoms with E-state index in [1.54, 1.807) is 0 Å². The minimum atomic E-state index is -4.51. The lowest BCUT2D eigenvalue weighted by molar-refractivity contribution is -0.137. The van der Waals surface area contributed by atoms with Crippen molar-refractivity contribution in [3.8, 4) is 5.75 Å². The molecule has 1 atom stereocenters. The Balaban J connectivity index is 1.63. The number of nitrogens with one attached hydrogen (secondary N) is 2. The minimum Gasteiger partial charge on any atom is -0.427 e. The van der Waals surface area contributed by atoms with Gasteiger partial charge in [0.15, 0.2) is 0 Å². The summed E-state index contributed by atoms with van der Waals surface area (Å²) in [4.78, 5) is 35.8. The molecule has 2 aromatic rings. The maximum absolute atomic E-state index is 12.8. The van der Waals surface area contributed by atoms with Crippen molar-refractivity contribution in [2.45, 2.75) is 29.7 Å². The second-order valence-electron chi connectivity index (χ2n) is 6.17. The predicted octanol–water partition coefficient (Wildman–Crippen LogP) is 4.07. The second kappa shape index (κ2) is 8.16. The lowest BCUT2D eigenvalue weighted by Crippen LogP contribution is -2.32. The van der Waals surface area contributed by atoms with E-state index in [4.69, 9.17) is 4.74 Å². The van der Waals surface area contributed by atoms with E-state index in [2.05, 4.69) is 10.6 Å². The van der Waals surface area contributed by atoms with Gasteiger partial charge >= 0.3 is 12.1 Å². The molecule has 0 radical (unpaired) electrons. The molecule has 0 saturated heterocycles. The number of amides is 2. The van der Waals surface area contributed by atoms with Crippen LogP contribution in [0.15, 0.2) is 47.4 Å². The summed E-state index contributed by atoms with van der Waals surface area (Å²) < 4.78 is 43.3. The highest BCUT2D eigenvalue weighted by Gasteiger charge is 2.34. The minimum absolute atomic E-state index is 0.0764. The van der Waals surface area contributed by atoms with Gasteiger partial charge in [-0.1, -0.05) is 0 Å². The normalized spacial score (nSPS) is 15.9. The van der Waals surface area contributed by atoms with E-state index in [1.807, 2.05) is 0 Å². The van der Waals surface area contributed by atoms with Gasteiger partial charge < -0.3 is 15.4 Å². The first-order valence-electron chi connectivity index (χ1n) is 8.39. The van der Waals surface area contributed by atoms with E-state index >= 15 is 0 Å². The lowest BCUT2D eigenvalue weighted by atomic mass is 10.1. The van der Waals surface area contributed by atoms with Crippen molar-refractivity contribution in [1.29, 1.82) is 0 Å². The summed E-state index contributed by atoms with van der Waals surface area (Å²) in [6, 6.07) is 9.19. The van der Waals surface area contributed by atoms with Gasteiger partial charge in [-0.15, -0.1) is 11.8 Å². The average molecular weight is 424 g/mol. The Morgan fingerprint density at radius 3 is 2.48 bits per heavy atom. The molecular weight excluding hydrogens is 409 g/mol. The SMILES string of the molecule is CC(=O)Oc1ccc(NC(=O)C[C@@H]2Sc3ccc(C(F)(F)F)cc3NC2=O)cc1. The third-order valence-corrected chi connectivity index (χ3v) is 5.17. The standard InChI is InChI=1S/C19H15F3N2O4S/c1-10(25)28-13-5-3-12(4-6-13)23-17(26)9-16-18(27)24-14-8-11(19(20,21)22)2-7-15(14)29-16/h2-8,16H,9H2,1H3,(H,23,26)(H,24,27)/t16-/m0/s1. The van der Waals surface area contributed by atoms with Crippen LogP contribution in [0.3, 0.4) is 0 Å². The Labute approximate surface area is 167 Å². The molecule has 0 aliphatic carbocycles. The van der Waals surface area contributed by atoms with Gasteiger partial charge in [0.05, 0.1) is 16.5 Å². The van der Waals surface area contributed by atoms with Crippen LogP contribution in [0.25, 0.3) is 0 Å². The van der Waals surface area contributed by atoms with E-state index < -0.39 is 34.8 Å². The number of hydrogen-bond donors (Lipinski definition) is 2. The zero-order valence-electron chi connectivity index (χ0n) is 15.0. The van der Waals surface area contributed by atoms with Crippen LogP contribution >= 0.6 is 11.8 Å². The molecule has 29 heavy (non-hydrogen) atoms. The molecular formula is C19H15F3N2O4S. The number of fused-ring (bicyclic) bond motifs is 1. The molecule has 1 aliphatic heterocycles. The lowest BCUT2D eigenvalue weighted by Gasteiger charge is -2.24. The first kappa shape index (κ1) is 20.7. The number of thioether (sulfide) groups is 1. The molecule has 0 fully saturated rings. The number of hydrogen-bond acceptors (Lipinski definition) is 5. The Bertz CT molecular complexity index is 961. The molecule has 0 unspecified atom stereocenters. The van der Waals surface area contributed by atoms with Crippen LogP contribution in [-0.2, 0) is 20.6 Å². The molecule has 0 bridgehead atoms. The Kier molecular flexibility index (Phi) is 5.83. The maximum atomic E-state index is 12.8. The van der Waals surface area contributed by atoms with Crippen molar-refractivity contribution in [2.75, 3.05) is 10.6 Å². The fourth-order valence-corrected chi connectivity index (χ4v) is 3.70. The average Bonchev–Trinajstić information content (AvgIpc) is 2.62. The van der Waals surface area contributed by atoms with Crippen LogP contribution in [0, 0.1) is 0 Å². The summed E-state index contributed by atoms with van der Waals surface area (Å²) in [6.45, 7) is 1.27. The molecule has 1 aliphatic rings. The van der Waals surface area contributed by atoms with Gasteiger partial charge in [-0.25, -0.2) is 0 Å². The van der Waals surface area contributed by atoms with Crippen molar-refractivity contribution in [3.05, 3.63) is 48.0 Å². The molecule has 2 N–H and O–H groups in total. The molecule has 0 aromatic heterocycles. The molecule has 3 rings (SSSR count). The highest BCUT2D eigenvalue weighted by atomic mass is 32.2. The smallest absolute Gasteiger partial charge is 0.416 e. The van der Waals surface area contributed by atoms with Gasteiger partial charge in [0.25, 0.3) is 0 Å². The third kappa shape index (κ3) is 5.29. The highest BCUT2D eigenvalue weighted by molar-refractivity contribution is 8.01. The summed E-state index contributed by atoms with van der Waals surface area (Å²) in [6.07, 6.45) is -4.67. The number of anilines is 2. The molecule has 0 saturated carbocycles. The topological polar surface area (TPSA) is 84.5 Å². The van der Waals surface area contributed by atoms with Crippen molar-refractivity contribution in [3.63, 3.8) is 0 Å². The number of carbonyl (C=O) groups is 3. The van der Waals surface area contributed by atoms with Crippen molar-refractivity contribution >= 4 is 40.9 Å². The van der Waals surface area contributed by atoms with Crippen molar-refractivity contribution in [2.24, 2.45) is 0 Å². The van der Waals surface area contributed by atoms with Crippen LogP contribution in [0.4, 0.5) is 24.5 Å². The number of halogens is 3. The number of carbonyl (C=O) groups excluding carboxylic acids is 3. The van der Waals surface area contributed by atoms with Gasteiger partial charge in [0, 0.05) is 23.9 Å². The number of ether oxygens (including phenoxy) is 1. The number of alkyl halides is 3. The van der Waals surface area contributed by atoms with Gasteiger partial charge in [-0.3, -0.25) is 14.4 Å². The van der Waals surface area contributed by atoms with E-state index in [9.17, 15) is 27.6 Å². The quantitative estimate of drug-likeness (QED) is 0.571. The van der Waals surface area contributed by atoms with E-state index in [1.165, 1.54) is 37.3 Å². The molecule has 0 spiro atoms. The third-order valence-electron chi connectivity index (χ3n) is 3.90. The Morgan fingerprint density at radius 1 is 1.17 bits per heavy atom. The van der Waals surface area contributed by atoms with E-state index in [-0.39, 0.29) is 12.1 Å². The fraction of sp³-hybridized carbons (Fsp3) is 0.211. The second-order valence-corrected chi connectivity index (χ2v) is 7.42. The number of benzene rings is 2. The molecule has 152 valence electrons. The largest absolute Gasteiger partial charge is 0.427 e. The molecule has 6 nitrogen and oxygen atoms in total. The Hall–Kier alpha value is -3.01. The predicted molar refractivity (Wildman–Crippen MR) is 101 cm³/mol. The summed E-state index contributed by atoms with van der Waals surface area (Å²) in [5.74, 6) is -1.12. The van der Waals surface area contributed by atoms with Crippen molar-refractivity contribution < 1.29 is 32.3 Å². The van der Waals surface area contributed by atoms with E-state index in [0.29, 0.717) is 16.3 Å². The van der Waals surface area contributed by atoms with Crippen LogP contribution in [0.1, 0.15) is 18.9 Å². The monoisotopic (exact) mass is 424 g/mol. The van der Waals surface area contributed by atoms with Gasteiger partial charge in [0.1, 0.15) is 5.75 Å². The summed E-state index contributed by atoms with van der Waals surface area (Å²) in [7, 11) is 0. The maximum Gasteiger partial charge on any atom is 0.416 e. The first-order valence-corrected chi connectivity index (χ1v) is 9.27. The molecule has 1 heterocycles. The van der Waals surface area contributed by atoms with Crippen LogP contribution in [0.2, 0.25) is 0 Å². The zero-order chi connectivity index (χ0) is 21.2. The summed E-state index contributed by atoms with van der Waals surface area (Å²) in [5, 5.41) is 4.27. The number of rotatable bonds is 4. The zero-order valence-corrected chi connectivity index (χ0v) is 15.8. The van der Waals surface area contributed by atoms with Crippen LogP contribution in [-0.4, -0.2) is 23.0 Å². The highest BCUT2D eigenvalue weighted by Crippen LogP contribution is 2.40. The summed E-state index contributed by atoms with van der Waals surface area (Å²) in [5.41, 5.74) is -0.333. The molecule has 2 amide bonds. The van der Waals surface area contributed by atoms with Gasteiger partial charge in [-0.2, -0.15) is 13.2 Å².